The molecule has 0 spiro atoms. The Morgan fingerprint density at radius 2 is 0.812 bits per heavy atom. The Hall–Kier alpha value is -1.38. The summed E-state index contributed by atoms with van der Waals surface area (Å²) in [7, 11) is 0. The number of ether oxygens (including phenoxy) is 5. The molecule has 194 valence electrons. The van der Waals surface area contributed by atoms with E-state index in [0.29, 0.717) is 72.3 Å². The number of rotatable bonds is 21. The van der Waals surface area contributed by atoms with E-state index in [0.717, 1.165) is 6.61 Å². The lowest BCUT2D eigenvalue weighted by atomic mass is 10.2. The topological polar surface area (TPSA) is 181 Å². The van der Waals surface area contributed by atoms with Gasteiger partial charge in [0, 0.05) is 19.4 Å². The van der Waals surface area contributed by atoms with Gasteiger partial charge in [-0.25, -0.2) is 0 Å². The summed E-state index contributed by atoms with van der Waals surface area (Å²) in [5, 5.41) is 41.1. The second-order valence-electron chi connectivity index (χ2n) is 5.81. The normalized spacial score (nSPS) is 10.0. The van der Waals surface area contributed by atoms with Crippen LogP contribution >= 0.6 is 0 Å². The molecule has 32 heavy (non-hydrogen) atoms. The summed E-state index contributed by atoms with van der Waals surface area (Å²) in [5.74, 6) is -1.74. The van der Waals surface area contributed by atoms with Crippen molar-refractivity contribution in [2.75, 3.05) is 85.9 Å². The van der Waals surface area contributed by atoms with Gasteiger partial charge in [0.05, 0.1) is 79.3 Å². The highest BCUT2D eigenvalue weighted by atomic mass is 16.5. The van der Waals surface area contributed by atoms with Crippen LogP contribution in [0.1, 0.15) is 32.6 Å². The molecule has 12 heteroatoms. The first-order valence-corrected chi connectivity index (χ1v) is 10.6. The third-order valence-corrected chi connectivity index (χ3v) is 3.06. The first kappa shape index (κ1) is 35.2. The van der Waals surface area contributed by atoms with Crippen molar-refractivity contribution >= 4 is 11.9 Å². The van der Waals surface area contributed by atoms with Crippen molar-refractivity contribution in [2.45, 2.75) is 32.6 Å². The lowest BCUT2D eigenvalue weighted by Crippen LogP contribution is -2.10. The Morgan fingerprint density at radius 1 is 0.531 bits per heavy atom. The molecule has 0 aliphatic rings. The average molecular weight is 475 g/mol. The minimum Gasteiger partial charge on any atom is -0.481 e. The minimum absolute atomic E-state index is 0.0417. The van der Waals surface area contributed by atoms with Gasteiger partial charge in [-0.2, -0.15) is 0 Å². The molecule has 0 rings (SSSR count). The molecule has 0 saturated carbocycles. The predicted molar refractivity (Wildman–Crippen MR) is 115 cm³/mol. The van der Waals surface area contributed by atoms with Gasteiger partial charge >= 0.3 is 11.9 Å². The number of carboxylic acid groups (broad SMARTS) is 2. The summed E-state index contributed by atoms with van der Waals surface area (Å²) < 4.78 is 24.9. The van der Waals surface area contributed by atoms with Crippen LogP contribution in [0.5, 0.6) is 0 Å². The van der Waals surface area contributed by atoms with Crippen molar-refractivity contribution in [2.24, 2.45) is 0 Å². The van der Waals surface area contributed by atoms with Crippen molar-refractivity contribution in [3.8, 4) is 0 Å². The molecule has 0 amide bonds. The Kier molecular flexibility index (Phi) is 37.7. The highest BCUT2D eigenvalue weighted by molar-refractivity contribution is 5.67. The zero-order valence-electron chi connectivity index (χ0n) is 19.1. The van der Waals surface area contributed by atoms with Crippen LogP contribution in [0.15, 0.2) is 0 Å². The van der Waals surface area contributed by atoms with Crippen LogP contribution in [0, 0.1) is 0 Å². The summed E-state index contributed by atoms with van der Waals surface area (Å²) in [6, 6.07) is 0. The van der Waals surface area contributed by atoms with Crippen molar-refractivity contribution in [1.82, 2.24) is 0 Å². The Morgan fingerprint density at radius 3 is 1.06 bits per heavy atom. The van der Waals surface area contributed by atoms with Gasteiger partial charge in [0.1, 0.15) is 0 Å². The molecule has 12 nitrogen and oxygen atoms in total. The molecule has 0 radical (unpaired) electrons. The predicted octanol–water partition coefficient (Wildman–Crippen LogP) is -0.231. The quantitative estimate of drug-likeness (QED) is 0.138. The lowest BCUT2D eigenvalue weighted by molar-refractivity contribution is -0.139. The Balaban J connectivity index is -0.000000397. The second kappa shape index (κ2) is 34.2. The van der Waals surface area contributed by atoms with Crippen LogP contribution in [0.25, 0.3) is 0 Å². The van der Waals surface area contributed by atoms with Gasteiger partial charge in [-0.05, 0) is 19.8 Å². The molecule has 0 bridgehead atoms. The van der Waals surface area contributed by atoms with Crippen molar-refractivity contribution in [3.05, 3.63) is 0 Å². The number of carbonyl (C=O) groups is 2. The Bertz CT molecular complexity index is 334. The third kappa shape index (κ3) is 46.7. The van der Waals surface area contributed by atoms with E-state index >= 15 is 0 Å². The van der Waals surface area contributed by atoms with E-state index < -0.39 is 11.9 Å². The molecular formula is C20H42O12. The maximum absolute atomic E-state index is 9.90. The molecule has 0 atom stereocenters. The van der Waals surface area contributed by atoms with Gasteiger partial charge in [0.15, 0.2) is 0 Å². The molecular weight excluding hydrogens is 432 g/mol. The number of aliphatic hydroxyl groups excluding tert-OH is 3. The second-order valence-corrected chi connectivity index (χ2v) is 5.81. The first-order valence-electron chi connectivity index (χ1n) is 10.6. The van der Waals surface area contributed by atoms with Crippen LogP contribution in [-0.2, 0) is 33.3 Å². The fourth-order valence-corrected chi connectivity index (χ4v) is 1.65. The molecule has 0 aliphatic carbocycles. The van der Waals surface area contributed by atoms with E-state index in [1.54, 1.807) is 0 Å². The maximum atomic E-state index is 9.90. The van der Waals surface area contributed by atoms with Crippen LogP contribution in [0.3, 0.4) is 0 Å². The maximum Gasteiger partial charge on any atom is 0.303 e. The van der Waals surface area contributed by atoms with Gasteiger partial charge in [0.2, 0.25) is 0 Å². The summed E-state index contributed by atoms with van der Waals surface area (Å²) in [5.41, 5.74) is 0. The van der Waals surface area contributed by atoms with E-state index in [-0.39, 0.29) is 32.7 Å². The van der Waals surface area contributed by atoms with E-state index in [2.05, 4.69) is 0 Å². The fourth-order valence-electron chi connectivity index (χ4n) is 1.65. The van der Waals surface area contributed by atoms with Crippen molar-refractivity contribution in [3.63, 3.8) is 0 Å². The standard InChI is InChI=1S/C8H18O4.C6H14O4.C6H10O4/c1-2-10-5-6-12-8-7-11-4-3-9;7-1-3-9-5-6-10-4-2-8;7-5(8)3-1-2-4-6(9)10/h9H,2-8H2,1H3;7-8H,1-6H2;1-4H2,(H,7,8)(H,9,10). The minimum atomic E-state index is -0.870. The SMILES string of the molecule is CCOCCOCCOCCO.O=C(O)CCCCC(=O)O.OCCOCCOCCO. The molecule has 0 saturated heterocycles. The van der Waals surface area contributed by atoms with Crippen LogP contribution in [-0.4, -0.2) is 123 Å². The van der Waals surface area contributed by atoms with Gasteiger partial charge < -0.3 is 49.2 Å². The molecule has 0 aromatic heterocycles. The van der Waals surface area contributed by atoms with Crippen LogP contribution < -0.4 is 0 Å². The molecule has 5 N–H and O–H groups in total. The fraction of sp³-hybridized carbons (Fsp3) is 0.900. The molecule has 0 fully saturated rings. The van der Waals surface area contributed by atoms with Crippen molar-refractivity contribution in [1.29, 1.82) is 0 Å². The van der Waals surface area contributed by atoms with E-state index in [4.69, 9.17) is 49.2 Å². The smallest absolute Gasteiger partial charge is 0.303 e. The van der Waals surface area contributed by atoms with Crippen molar-refractivity contribution < 1.29 is 58.8 Å². The zero-order chi connectivity index (χ0) is 24.7. The number of hydrogen-bond donors (Lipinski definition) is 5. The first-order chi connectivity index (χ1) is 15.5. The van der Waals surface area contributed by atoms with Gasteiger partial charge in [-0.3, -0.25) is 9.59 Å². The summed E-state index contributed by atoms with van der Waals surface area (Å²) in [4.78, 5) is 19.8. The number of aliphatic hydroxyl groups is 3. The summed E-state index contributed by atoms with van der Waals surface area (Å²) in [6.07, 6.45) is 1.02. The highest BCUT2D eigenvalue weighted by Crippen LogP contribution is 1.98. The Labute approximate surface area is 190 Å². The largest absolute Gasteiger partial charge is 0.481 e. The average Bonchev–Trinajstić information content (AvgIpc) is 2.76. The zero-order valence-corrected chi connectivity index (χ0v) is 19.1. The monoisotopic (exact) mass is 474 g/mol. The van der Waals surface area contributed by atoms with Gasteiger partial charge in [0.25, 0.3) is 0 Å². The highest BCUT2D eigenvalue weighted by Gasteiger charge is 1.99. The molecule has 0 aliphatic heterocycles. The molecule has 0 heterocycles. The van der Waals surface area contributed by atoms with E-state index in [9.17, 15) is 9.59 Å². The number of carboxylic acids is 2. The summed E-state index contributed by atoms with van der Waals surface area (Å²) >= 11 is 0. The third-order valence-electron chi connectivity index (χ3n) is 3.06. The van der Waals surface area contributed by atoms with Gasteiger partial charge in [-0.1, -0.05) is 0 Å². The number of hydrogen-bond acceptors (Lipinski definition) is 10. The van der Waals surface area contributed by atoms with Gasteiger partial charge in [-0.15, -0.1) is 0 Å². The van der Waals surface area contributed by atoms with Crippen LogP contribution in [0.4, 0.5) is 0 Å². The lowest BCUT2D eigenvalue weighted by Gasteiger charge is -2.04. The number of aliphatic carboxylic acids is 2. The molecule has 0 aromatic carbocycles. The van der Waals surface area contributed by atoms with Crippen LogP contribution in [0.2, 0.25) is 0 Å². The summed E-state index contributed by atoms with van der Waals surface area (Å²) in [6.45, 7) is 7.20. The molecule has 0 unspecified atom stereocenters. The number of unbranched alkanes of at least 4 members (excludes halogenated alkanes) is 1. The van der Waals surface area contributed by atoms with E-state index in [1.165, 1.54) is 0 Å². The molecule has 0 aromatic rings. The van der Waals surface area contributed by atoms with E-state index in [1.807, 2.05) is 6.92 Å².